The van der Waals surface area contributed by atoms with Crippen molar-refractivity contribution < 1.29 is 4.74 Å². The average molecular weight is 256 g/mol. The first-order chi connectivity index (χ1) is 9.38. The van der Waals surface area contributed by atoms with Gasteiger partial charge in [-0.25, -0.2) is 0 Å². The number of hydrogen-bond acceptors (Lipinski definition) is 3. The zero-order valence-corrected chi connectivity index (χ0v) is 11.1. The molecular formula is C16H20N2O. The number of nitrogens with two attached hydrogens (primary N) is 1. The van der Waals surface area contributed by atoms with Crippen molar-refractivity contribution in [3.05, 3.63) is 65.5 Å². The Kier molecular flexibility index (Phi) is 5.53. The molecule has 1 aromatic carbocycles. The number of nitrogens with zero attached hydrogens (tertiary/aromatic N) is 1. The van der Waals surface area contributed by atoms with E-state index < -0.39 is 0 Å². The molecule has 0 saturated carbocycles. The van der Waals surface area contributed by atoms with Crippen LogP contribution in [0.5, 0.6) is 0 Å². The molecule has 0 unspecified atom stereocenters. The van der Waals surface area contributed by atoms with Crippen LogP contribution in [-0.2, 0) is 24.3 Å². The molecule has 0 fully saturated rings. The van der Waals surface area contributed by atoms with Crippen molar-refractivity contribution >= 4 is 0 Å². The summed E-state index contributed by atoms with van der Waals surface area (Å²) in [7, 11) is 0. The second kappa shape index (κ2) is 7.67. The summed E-state index contributed by atoms with van der Waals surface area (Å²) in [6.07, 6.45) is 5.73. The minimum atomic E-state index is 0.590. The zero-order valence-electron chi connectivity index (χ0n) is 11.1. The molecule has 2 rings (SSSR count). The maximum absolute atomic E-state index is 5.67. The molecule has 1 heterocycles. The van der Waals surface area contributed by atoms with E-state index in [1.165, 1.54) is 11.1 Å². The molecule has 2 aromatic rings. The highest BCUT2D eigenvalue weighted by atomic mass is 16.5. The molecule has 0 saturated heterocycles. The quantitative estimate of drug-likeness (QED) is 0.775. The molecule has 0 aliphatic rings. The minimum absolute atomic E-state index is 0.590. The van der Waals surface area contributed by atoms with Gasteiger partial charge in [-0.1, -0.05) is 24.3 Å². The van der Waals surface area contributed by atoms with Gasteiger partial charge in [0, 0.05) is 25.5 Å². The van der Waals surface area contributed by atoms with Crippen LogP contribution < -0.4 is 5.73 Å². The lowest BCUT2D eigenvalue weighted by atomic mass is 10.1. The van der Waals surface area contributed by atoms with E-state index in [4.69, 9.17) is 10.5 Å². The summed E-state index contributed by atoms with van der Waals surface area (Å²) in [6, 6.07) is 12.3. The molecular weight excluding hydrogens is 236 g/mol. The number of ether oxygens (including phenoxy) is 1. The van der Waals surface area contributed by atoms with Gasteiger partial charge in [-0.05, 0) is 41.7 Å². The maximum atomic E-state index is 5.67. The van der Waals surface area contributed by atoms with E-state index in [1.54, 1.807) is 0 Å². The highest BCUT2D eigenvalue weighted by Gasteiger charge is 1.96. The number of pyridine rings is 1. The Morgan fingerprint density at radius 3 is 2.26 bits per heavy atom. The van der Waals surface area contributed by atoms with Gasteiger partial charge in [0.25, 0.3) is 0 Å². The van der Waals surface area contributed by atoms with Crippen LogP contribution in [0.2, 0.25) is 0 Å². The molecule has 0 spiro atoms. The van der Waals surface area contributed by atoms with Crippen molar-refractivity contribution in [2.24, 2.45) is 5.73 Å². The van der Waals surface area contributed by atoms with Gasteiger partial charge < -0.3 is 10.5 Å². The van der Waals surface area contributed by atoms with E-state index in [0.29, 0.717) is 13.2 Å². The normalized spacial score (nSPS) is 10.6. The van der Waals surface area contributed by atoms with E-state index in [9.17, 15) is 0 Å². The molecule has 0 amide bonds. The van der Waals surface area contributed by atoms with Crippen LogP contribution in [0.15, 0.2) is 48.8 Å². The van der Waals surface area contributed by atoms with Gasteiger partial charge in [0.1, 0.15) is 0 Å². The Bertz CT molecular complexity index is 468. The van der Waals surface area contributed by atoms with Crippen LogP contribution in [0.1, 0.15) is 23.1 Å². The molecule has 0 atom stereocenters. The van der Waals surface area contributed by atoms with Gasteiger partial charge in [0.2, 0.25) is 0 Å². The predicted molar refractivity (Wildman–Crippen MR) is 76.5 cm³/mol. The molecule has 19 heavy (non-hydrogen) atoms. The third kappa shape index (κ3) is 4.81. The summed E-state index contributed by atoms with van der Waals surface area (Å²) in [4.78, 5) is 4.00. The monoisotopic (exact) mass is 256 g/mol. The highest BCUT2D eigenvalue weighted by Crippen LogP contribution is 2.06. The smallest absolute Gasteiger partial charge is 0.0716 e. The third-order valence-electron chi connectivity index (χ3n) is 3.03. The van der Waals surface area contributed by atoms with Crippen molar-refractivity contribution in [3.8, 4) is 0 Å². The van der Waals surface area contributed by atoms with E-state index in [2.05, 4.69) is 29.2 Å². The number of rotatable bonds is 7. The molecule has 0 radical (unpaired) electrons. The summed E-state index contributed by atoms with van der Waals surface area (Å²) in [5.41, 5.74) is 9.22. The number of aryl methyl sites for hydroxylation is 1. The van der Waals surface area contributed by atoms with Gasteiger partial charge in [-0.2, -0.15) is 0 Å². The number of hydrogen-bond donors (Lipinski definition) is 1. The fourth-order valence-electron chi connectivity index (χ4n) is 1.89. The van der Waals surface area contributed by atoms with Crippen LogP contribution in [-0.4, -0.2) is 11.6 Å². The Balaban J connectivity index is 1.63. The summed E-state index contributed by atoms with van der Waals surface area (Å²) < 4.78 is 5.67. The fraction of sp³-hybridized carbons (Fsp3) is 0.312. The fourth-order valence-corrected chi connectivity index (χ4v) is 1.89. The standard InChI is InChI=1S/C16H20N2O/c17-12-15-3-5-16(6-4-15)13-19-11-1-2-14-7-9-18-10-8-14/h3-10H,1-2,11-13,17H2. The molecule has 3 heteroatoms. The highest BCUT2D eigenvalue weighted by molar-refractivity contribution is 5.21. The van der Waals surface area contributed by atoms with Gasteiger partial charge in [0.15, 0.2) is 0 Å². The molecule has 0 aliphatic heterocycles. The summed E-state index contributed by atoms with van der Waals surface area (Å²) >= 11 is 0. The van der Waals surface area contributed by atoms with Crippen molar-refractivity contribution in [2.75, 3.05) is 6.61 Å². The van der Waals surface area contributed by atoms with Crippen molar-refractivity contribution in [1.82, 2.24) is 4.98 Å². The van der Waals surface area contributed by atoms with Crippen molar-refractivity contribution in [2.45, 2.75) is 26.0 Å². The number of aromatic nitrogens is 1. The second-order valence-corrected chi connectivity index (χ2v) is 4.53. The number of benzene rings is 1. The van der Waals surface area contributed by atoms with Crippen LogP contribution in [0.4, 0.5) is 0 Å². The van der Waals surface area contributed by atoms with Gasteiger partial charge >= 0.3 is 0 Å². The van der Waals surface area contributed by atoms with E-state index in [-0.39, 0.29) is 0 Å². The Hall–Kier alpha value is -1.71. The predicted octanol–water partition coefficient (Wildman–Crippen LogP) is 2.69. The molecule has 0 bridgehead atoms. The van der Waals surface area contributed by atoms with Gasteiger partial charge in [-0.3, -0.25) is 4.98 Å². The largest absolute Gasteiger partial charge is 0.377 e. The zero-order chi connectivity index (χ0) is 13.3. The van der Waals surface area contributed by atoms with Gasteiger partial charge in [0.05, 0.1) is 6.61 Å². The molecule has 100 valence electrons. The molecule has 0 aliphatic carbocycles. The van der Waals surface area contributed by atoms with Gasteiger partial charge in [-0.15, -0.1) is 0 Å². The third-order valence-corrected chi connectivity index (χ3v) is 3.03. The minimum Gasteiger partial charge on any atom is -0.377 e. The summed E-state index contributed by atoms with van der Waals surface area (Å²) in [6.45, 7) is 2.04. The first-order valence-electron chi connectivity index (χ1n) is 6.63. The summed E-state index contributed by atoms with van der Waals surface area (Å²) in [5.74, 6) is 0. The lowest BCUT2D eigenvalue weighted by molar-refractivity contribution is 0.118. The first kappa shape index (κ1) is 13.7. The van der Waals surface area contributed by atoms with Crippen LogP contribution >= 0.6 is 0 Å². The lowest BCUT2D eigenvalue weighted by Crippen LogP contribution is -1.99. The average Bonchev–Trinajstić information content (AvgIpc) is 2.49. The molecule has 2 N–H and O–H groups in total. The second-order valence-electron chi connectivity index (χ2n) is 4.53. The first-order valence-corrected chi connectivity index (χ1v) is 6.63. The van der Waals surface area contributed by atoms with Crippen LogP contribution in [0.25, 0.3) is 0 Å². The van der Waals surface area contributed by atoms with Crippen LogP contribution in [0.3, 0.4) is 0 Å². The summed E-state index contributed by atoms with van der Waals surface area (Å²) in [5, 5.41) is 0. The van der Waals surface area contributed by atoms with Crippen molar-refractivity contribution in [1.29, 1.82) is 0 Å². The van der Waals surface area contributed by atoms with E-state index >= 15 is 0 Å². The van der Waals surface area contributed by atoms with Crippen molar-refractivity contribution in [3.63, 3.8) is 0 Å². The maximum Gasteiger partial charge on any atom is 0.0716 e. The topological polar surface area (TPSA) is 48.1 Å². The Morgan fingerprint density at radius 2 is 1.58 bits per heavy atom. The van der Waals surface area contributed by atoms with Crippen LogP contribution in [0, 0.1) is 0 Å². The van der Waals surface area contributed by atoms with E-state index in [1.807, 2.05) is 24.5 Å². The SMILES string of the molecule is NCc1ccc(COCCCc2ccncc2)cc1. The molecule has 1 aromatic heterocycles. The lowest BCUT2D eigenvalue weighted by Gasteiger charge is -2.05. The van der Waals surface area contributed by atoms with E-state index in [0.717, 1.165) is 25.0 Å². The molecule has 3 nitrogen and oxygen atoms in total. The Labute approximate surface area is 114 Å². The Morgan fingerprint density at radius 1 is 0.895 bits per heavy atom.